The van der Waals surface area contributed by atoms with E-state index in [9.17, 15) is 0 Å². The van der Waals surface area contributed by atoms with Gasteiger partial charge in [0.2, 0.25) is 0 Å². The number of aliphatic imine (C=N–C) groups is 2. The van der Waals surface area contributed by atoms with Crippen LogP contribution in [0.3, 0.4) is 0 Å². The van der Waals surface area contributed by atoms with Gasteiger partial charge in [0.25, 0.3) is 0 Å². The number of hydrogen-bond donors (Lipinski definition) is 0. The van der Waals surface area contributed by atoms with Gasteiger partial charge in [0.15, 0.2) is 0 Å². The number of unbranched alkanes of at least 4 members (excludes halogenated alkanes) is 4. The largest absolute Gasteiger partial charge is 0.252 e. The van der Waals surface area contributed by atoms with E-state index in [0.29, 0.717) is 0 Å². The molecule has 0 heterocycles. The fraction of sp³-hybridized carbons (Fsp3) is 0.533. The summed E-state index contributed by atoms with van der Waals surface area (Å²) in [6, 6.07) is 17.4. The van der Waals surface area contributed by atoms with Crippen LogP contribution in [0, 0.1) is 0 Å². The molecule has 0 radical (unpaired) electrons. The van der Waals surface area contributed by atoms with Crippen molar-refractivity contribution in [1.82, 2.24) is 0 Å². The Kier molecular flexibility index (Phi) is 15.7. The van der Waals surface area contributed by atoms with Gasteiger partial charge in [0.05, 0.1) is 22.8 Å². The molecule has 0 aliphatic rings. The maximum Gasteiger partial charge on any atom is 0.0639 e. The first-order valence-corrected chi connectivity index (χ1v) is 13.0. The summed E-state index contributed by atoms with van der Waals surface area (Å²) in [5, 5.41) is 0. The predicted molar refractivity (Wildman–Crippen MR) is 143 cm³/mol. The molecular weight excluding hydrogens is 447 g/mol. The number of hydrogen-bond acceptors (Lipinski definition) is 2. The second kappa shape index (κ2) is 17.7. The Labute approximate surface area is 213 Å². The maximum atomic E-state index is 5.27. The van der Waals surface area contributed by atoms with Crippen LogP contribution < -0.4 is 0 Å². The molecule has 3 heteroatoms. The third-order valence-corrected chi connectivity index (χ3v) is 5.83. The fourth-order valence-corrected chi connectivity index (χ4v) is 3.89. The van der Waals surface area contributed by atoms with Crippen molar-refractivity contribution >= 4 is 22.8 Å². The molecule has 0 bridgehead atoms. The molecule has 0 saturated carbocycles. The van der Waals surface area contributed by atoms with Crippen molar-refractivity contribution in [2.24, 2.45) is 9.98 Å². The zero-order valence-electron chi connectivity index (χ0n) is 21.3. The monoisotopic (exact) mass is 490 g/mol. The molecular formula is C30H44N2Ni. The van der Waals surface area contributed by atoms with E-state index in [1.165, 1.54) is 61.1 Å². The average molecular weight is 491 g/mol. The molecule has 0 fully saturated rings. The average Bonchev–Trinajstić information content (AvgIpc) is 2.82. The van der Waals surface area contributed by atoms with Crippen molar-refractivity contribution in [3.63, 3.8) is 0 Å². The number of para-hydroxylation sites is 1. The number of benzene rings is 2. The van der Waals surface area contributed by atoms with Gasteiger partial charge >= 0.3 is 0 Å². The minimum atomic E-state index is 0. The Morgan fingerprint density at radius 1 is 0.576 bits per heavy atom. The van der Waals surface area contributed by atoms with E-state index in [1.54, 1.807) is 0 Å². The van der Waals surface area contributed by atoms with E-state index >= 15 is 0 Å². The molecule has 0 aliphatic carbocycles. The first kappa shape index (κ1) is 29.3. The van der Waals surface area contributed by atoms with Crippen molar-refractivity contribution < 1.29 is 16.5 Å². The topological polar surface area (TPSA) is 24.7 Å². The molecule has 2 rings (SSSR count). The number of nitrogens with zero attached hydrogens (tertiary/aromatic N) is 2. The van der Waals surface area contributed by atoms with Crippen LogP contribution in [-0.2, 0) is 29.3 Å². The van der Waals surface area contributed by atoms with Gasteiger partial charge in [0.1, 0.15) is 0 Å². The molecule has 33 heavy (non-hydrogen) atoms. The second-order valence-electron chi connectivity index (χ2n) is 8.87. The van der Waals surface area contributed by atoms with Gasteiger partial charge in [-0.25, -0.2) is 0 Å². The van der Waals surface area contributed by atoms with Crippen LogP contribution in [0.25, 0.3) is 0 Å². The van der Waals surface area contributed by atoms with E-state index in [1.807, 2.05) is 0 Å². The van der Waals surface area contributed by atoms with Crippen LogP contribution in [0.2, 0.25) is 0 Å². The van der Waals surface area contributed by atoms with Crippen molar-refractivity contribution in [3.8, 4) is 0 Å². The normalized spacial score (nSPS) is 12.0. The maximum absolute atomic E-state index is 5.27. The van der Waals surface area contributed by atoms with Gasteiger partial charge in [-0.2, -0.15) is 0 Å². The van der Waals surface area contributed by atoms with Crippen molar-refractivity contribution in [1.29, 1.82) is 0 Å². The summed E-state index contributed by atoms with van der Waals surface area (Å²) >= 11 is 0. The summed E-state index contributed by atoms with van der Waals surface area (Å²) < 4.78 is 0. The van der Waals surface area contributed by atoms with Gasteiger partial charge in [-0.3, -0.25) is 9.98 Å². The molecule has 0 aliphatic heterocycles. The summed E-state index contributed by atoms with van der Waals surface area (Å²) in [5.41, 5.74) is 7.36. The van der Waals surface area contributed by atoms with Crippen LogP contribution in [0.5, 0.6) is 0 Å². The standard InChI is InChI=1S/C30H44N2.Ni/c1-5-9-16-25-22-26(17-10-6-2)24-28(23-25)32-30(21-12-8-4)29(20-11-7-3)31-27-18-14-13-15-19-27;/h13-15,18-19,22-24H,5-12,16-17,20-21H2,1-4H3;. The Balaban J connectivity index is 0.00000544. The first-order chi connectivity index (χ1) is 15.7. The molecule has 0 spiro atoms. The minimum Gasteiger partial charge on any atom is -0.252 e. The van der Waals surface area contributed by atoms with Crippen LogP contribution in [0.1, 0.15) is 103 Å². The first-order valence-electron chi connectivity index (χ1n) is 13.0. The van der Waals surface area contributed by atoms with Crippen molar-refractivity contribution in [2.75, 3.05) is 0 Å². The van der Waals surface area contributed by atoms with E-state index in [0.717, 1.165) is 49.9 Å². The Bertz CT molecular complexity index is 813. The SMILES string of the molecule is CCCCC(=Nc1ccccc1)C(CCCC)=Nc1cc(CCCC)cc(CCCC)c1.[Ni]. The summed E-state index contributed by atoms with van der Waals surface area (Å²) in [4.78, 5) is 10.3. The summed E-state index contributed by atoms with van der Waals surface area (Å²) in [6.45, 7) is 9.04. The fourth-order valence-electron chi connectivity index (χ4n) is 3.89. The van der Waals surface area contributed by atoms with Gasteiger partial charge in [0, 0.05) is 16.5 Å². The molecule has 0 saturated heterocycles. The molecule has 0 unspecified atom stereocenters. The van der Waals surface area contributed by atoms with Gasteiger partial charge in [-0.15, -0.1) is 0 Å². The number of rotatable bonds is 15. The van der Waals surface area contributed by atoms with Crippen LogP contribution in [-0.4, -0.2) is 11.4 Å². The Morgan fingerprint density at radius 2 is 1.03 bits per heavy atom. The molecule has 0 aromatic heterocycles. The molecule has 0 N–H and O–H groups in total. The van der Waals surface area contributed by atoms with E-state index in [4.69, 9.17) is 9.98 Å². The van der Waals surface area contributed by atoms with E-state index < -0.39 is 0 Å². The zero-order chi connectivity index (χ0) is 23.0. The van der Waals surface area contributed by atoms with Crippen LogP contribution in [0.4, 0.5) is 11.4 Å². The number of aryl methyl sites for hydroxylation is 2. The van der Waals surface area contributed by atoms with E-state index in [2.05, 4.69) is 76.2 Å². The zero-order valence-corrected chi connectivity index (χ0v) is 22.3. The van der Waals surface area contributed by atoms with E-state index in [-0.39, 0.29) is 16.5 Å². The molecule has 0 atom stereocenters. The second-order valence-corrected chi connectivity index (χ2v) is 8.87. The summed E-state index contributed by atoms with van der Waals surface area (Å²) in [7, 11) is 0. The molecule has 2 aromatic rings. The molecule has 184 valence electrons. The van der Waals surface area contributed by atoms with Gasteiger partial charge in [-0.1, -0.05) is 77.6 Å². The predicted octanol–water partition coefficient (Wildman–Crippen LogP) is 9.59. The smallest absolute Gasteiger partial charge is 0.0639 e. The van der Waals surface area contributed by atoms with Gasteiger partial charge in [-0.05, 0) is 86.8 Å². The third kappa shape index (κ3) is 11.3. The van der Waals surface area contributed by atoms with Crippen LogP contribution in [0.15, 0.2) is 58.5 Å². The Hall–Kier alpha value is -1.73. The quantitative estimate of drug-likeness (QED) is 0.175. The minimum absolute atomic E-state index is 0. The summed E-state index contributed by atoms with van der Waals surface area (Å²) in [5.74, 6) is 0. The van der Waals surface area contributed by atoms with Crippen LogP contribution >= 0.6 is 0 Å². The molecule has 2 aromatic carbocycles. The molecule has 0 amide bonds. The van der Waals surface area contributed by atoms with Crippen molar-refractivity contribution in [3.05, 3.63) is 59.7 Å². The van der Waals surface area contributed by atoms with Gasteiger partial charge < -0.3 is 0 Å². The van der Waals surface area contributed by atoms with Crippen molar-refractivity contribution in [2.45, 2.75) is 105 Å². The summed E-state index contributed by atoms with van der Waals surface area (Å²) in [6.07, 6.45) is 13.8. The molecule has 2 nitrogen and oxygen atoms in total. The Morgan fingerprint density at radius 3 is 1.48 bits per heavy atom. The third-order valence-electron chi connectivity index (χ3n) is 5.83.